The number of hydrogen-bond donors (Lipinski definition) is 2. The van der Waals surface area contributed by atoms with Crippen LogP contribution in [0, 0.1) is 3.57 Å². The van der Waals surface area contributed by atoms with Crippen LogP contribution in [0.5, 0.6) is 5.75 Å². The number of nitrogens with one attached hydrogen (secondary N) is 1. The van der Waals surface area contributed by atoms with Gasteiger partial charge in [0.1, 0.15) is 12.3 Å². The molecule has 1 amide bonds. The van der Waals surface area contributed by atoms with E-state index in [4.69, 9.17) is 0 Å². The largest absolute Gasteiger partial charge is 0.507 e. The van der Waals surface area contributed by atoms with Crippen molar-refractivity contribution < 1.29 is 18.3 Å². The van der Waals surface area contributed by atoms with Gasteiger partial charge in [-0.15, -0.1) is 0 Å². The Kier molecular flexibility index (Phi) is 6.37. The van der Waals surface area contributed by atoms with E-state index in [9.17, 15) is 18.3 Å². The third-order valence-corrected chi connectivity index (χ3v) is 4.99. The van der Waals surface area contributed by atoms with Crippen molar-refractivity contribution in [3.63, 3.8) is 0 Å². The molecule has 0 saturated carbocycles. The maximum Gasteiger partial charge on any atom is 0.260 e. The van der Waals surface area contributed by atoms with Crippen LogP contribution in [0.15, 0.2) is 53.6 Å². The van der Waals surface area contributed by atoms with Gasteiger partial charge in [-0.05, 0) is 59.0 Å². The lowest BCUT2D eigenvalue weighted by Crippen LogP contribution is -2.39. The molecule has 132 valence electrons. The van der Waals surface area contributed by atoms with Gasteiger partial charge >= 0.3 is 0 Å². The molecule has 9 heteroatoms. The Balaban J connectivity index is 2.07. The van der Waals surface area contributed by atoms with Gasteiger partial charge in [-0.25, -0.2) is 13.8 Å². The van der Waals surface area contributed by atoms with Gasteiger partial charge in [-0.3, -0.25) is 9.10 Å². The number of anilines is 1. The van der Waals surface area contributed by atoms with E-state index < -0.39 is 22.5 Å². The summed E-state index contributed by atoms with van der Waals surface area (Å²) in [5.74, 6) is -0.576. The van der Waals surface area contributed by atoms with Gasteiger partial charge in [-0.1, -0.05) is 12.1 Å². The van der Waals surface area contributed by atoms with Crippen LogP contribution in [0.2, 0.25) is 0 Å². The summed E-state index contributed by atoms with van der Waals surface area (Å²) in [5.41, 5.74) is 3.08. The second kappa shape index (κ2) is 8.30. The molecule has 0 atom stereocenters. The van der Waals surface area contributed by atoms with Gasteiger partial charge in [0.15, 0.2) is 0 Å². The molecule has 2 aromatic carbocycles. The summed E-state index contributed by atoms with van der Waals surface area (Å²) in [6.07, 6.45) is 2.31. The number of amides is 1. The average Bonchev–Trinajstić information content (AvgIpc) is 2.54. The quantitative estimate of drug-likeness (QED) is 0.381. The van der Waals surface area contributed by atoms with Gasteiger partial charge in [0.05, 0.1) is 18.2 Å². The SMILES string of the molecule is CS(=O)(=O)N(CC(=O)N/N=C\c1ccccc1O)c1ccc(I)cc1. The number of hydrogen-bond acceptors (Lipinski definition) is 5. The van der Waals surface area contributed by atoms with E-state index in [1.54, 1.807) is 42.5 Å². The second-order valence-corrected chi connectivity index (χ2v) is 8.25. The van der Waals surface area contributed by atoms with Gasteiger partial charge in [-0.2, -0.15) is 5.10 Å². The maximum absolute atomic E-state index is 12.0. The van der Waals surface area contributed by atoms with Crippen molar-refractivity contribution in [1.82, 2.24) is 5.43 Å². The molecule has 0 saturated heterocycles. The summed E-state index contributed by atoms with van der Waals surface area (Å²) in [6.45, 7) is -0.405. The molecule has 0 fully saturated rings. The Hall–Kier alpha value is -2.14. The molecule has 7 nitrogen and oxygen atoms in total. The number of hydrazone groups is 1. The lowest BCUT2D eigenvalue weighted by Gasteiger charge is -2.21. The van der Waals surface area contributed by atoms with E-state index in [-0.39, 0.29) is 5.75 Å². The highest BCUT2D eigenvalue weighted by atomic mass is 127. The van der Waals surface area contributed by atoms with Crippen LogP contribution in [0.3, 0.4) is 0 Å². The van der Waals surface area contributed by atoms with Crippen LogP contribution in [0.4, 0.5) is 5.69 Å². The van der Waals surface area contributed by atoms with Crippen molar-refractivity contribution >= 4 is 50.4 Å². The van der Waals surface area contributed by atoms with E-state index in [1.165, 1.54) is 12.3 Å². The Labute approximate surface area is 159 Å². The predicted molar refractivity (Wildman–Crippen MR) is 105 cm³/mol. The molecule has 0 unspecified atom stereocenters. The summed E-state index contributed by atoms with van der Waals surface area (Å²) >= 11 is 2.11. The number of nitrogens with zero attached hydrogens (tertiary/aromatic N) is 2. The lowest BCUT2D eigenvalue weighted by atomic mass is 10.2. The van der Waals surface area contributed by atoms with E-state index in [1.807, 2.05) is 0 Å². The van der Waals surface area contributed by atoms with Crippen LogP contribution in [-0.4, -0.2) is 38.4 Å². The molecule has 0 radical (unpaired) electrons. The highest BCUT2D eigenvalue weighted by molar-refractivity contribution is 14.1. The molecule has 0 aliphatic rings. The first-order valence-electron chi connectivity index (χ1n) is 7.10. The predicted octanol–water partition coefficient (Wildman–Crippen LogP) is 1.91. The van der Waals surface area contributed by atoms with E-state index in [0.29, 0.717) is 11.3 Å². The summed E-state index contributed by atoms with van der Waals surface area (Å²) in [4.78, 5) is 12.0. The number of phenolic OH excluding ortho intramolecular Hbond substituents is 1. The lowest BCUT2D eigenvalue weighted by molar-refractivity contribution is -0.119. The third kappa shape index (κ3) is 5.71. The first-order chi connectivity index (χ1) is 11.8. The molecule has 0 aromatic heterocycles. The van der Waals surface area contributed by atoms with Gasteiger partial charge in [0.25, 0.3) is 5.91 Å². The van der Waals surface area contributed by atoms with Crippen molar-refractivity contribution in [3.8, 4) is 5.75 Å². The third-order valence-electron chi connectivity index (χ3n) is 3.13. The number of halogens is 1. The van der Waals surface area contributed by atoms with Crippen LogP contribution in [0.25, 0.3) is 0 Å². The minimum absolute atomic E-state index is 0.0251. The number of sulfonamides is 1. The second-order valence-electron chi connectivity index (χ2n) is 5.10. The molecule has 2 rings (SSSR count). The first kappa shape index (κ1) is 19.2. The Morgan fingerprint density at radius 3 is 2.48 bits per heavy atom. The maximum atomic E-state index is 12.0. The number of phenols is 1. The Morgan fingerprint density at radius 2 is 1.88 bits per heavy atom. The molecule has 0 heterocycles. The highest BCUT2D eigenvalue weighted by Crippen LogP contribution is 2.18. The average molecular weight is 473 g/mol. The fourth-order valence-electron chi connectivity index (χ4n) is 1.94. The molecule has 0 spiro atoms. The first-order valence-corrected chi connectivity index (χ1v) is 10.0. The highest BCUT2D eigenvalue weighted by Gasteiger charge is 2.20. The van der Waals surface area contributed by atoms with Gasteiger partial charge in [0.2, 0.25) is 10.0 Å². The zero-order valence-electron chi connectivity index (χ0n) is 13.3. The van der Waals surface area contributed by atoms with Crippen molar-refractivity contribution in [2.75, 3.05) is 17.1 Å². The smallest absolute Gasteiger partial charge is 0.260 e. The molecule has 0 aliphatic heterocycles. The van der Waals surface area contributed by atoms with Crippen molar-refractivity contribution in [2.45, 2.75) is 0 Å². The number of carbonyl (C=O) groups excluding carboxylic acids is 1. The van der Waals surface area contributed by atoms with Crippen molar-refractivity contribution in [2.24, 2.45) is 5.10 Å². The van der Waals surface area contributed by atoms with Crippen molar-refractivity contribution in [3.05, 3.63) is 57.7 Å². The van der Waals surface area contributed by atoms with Crippen LogP contribution < -0.4 is 9.73 Å². The minimum Gasteiger partial charge on any atom is -0.507 e. The topological polar surface area (TPSA) is 99.1 Å². The van der Waals surface area contributed by atoms with Crippen molar-refractivity contribution in [1.29, 1.82) is 0 Å². The fourth-order valence-corrected chi connectivity index (χ4v) is 3.16. The number of benzene rings is 2. The number of carbonyl (C=O) groups is 1. The number of para-hydroxylation sites is 1. The molecule has 0 aliphatic carbocycles. The molecule has 25 heavy (non-hydrogen) atoms. The summed E-state index contributed by atoms with van der Waals surface area (Å²) in [6, 6.07) is 13.2. The van der Waals surface area contributed by atoms with Crippen LogP contribution in [0.1, 0.15) is 5.56 Å². The minimum atomic E-state index is -3.63. The zero-order valence-corrected chi connectivity index (χ0v) is 16.2. The van der Waals surface area contributed by atoms with Gasteiger partial charge in [0, 0.05) is 9.13 Å². The number of rotatable bonds is 6. The number of aromatic hydroxyl groups is 1. The van der Waals surface area contributed by atoms with E-state index in [2.05, 4.69) is 33.1 Å². The van der Waals surface area contributed by atoms with Gasteiger partial charge < -0.3 is 5.11 Å². The summed E-state index contributed by atoms with van der Waals surface area (Å²) < 4.78 is 25.9. The molecule has 2 aromatic rings. The summed E-state index contributed by atoms with van der Waals surface area (Å²) in [5, 5.41) is 13.3. The van der Waals surface area contributed by atoms with Crippen LogP contribution in [-0.2, 0) is 14.8 Å². The standard InChI is InChI=1S/C16H16IN3O4S/c1-25(23,24)20(14-8-6-13(17)7-9-14)11-16(22)19-18-10-12-4-2-3-5-15(12)21/h2-10,21H,11H2,1H3,(H,19,22)/b18-10-. The van der Waals surface area contributed by atoms with E-state index >= 15 is 0 Å². The Bertz CT molecular complexity index is 883. The normalized spacial score (nSPS) is 11.4. The molecular formula is C16H16IN3O4S. The monoisotopic (exact) mass is 473 g/mol. The summed E-state index contributed by atoms with van der Waals surface area (Å²) in [7, 11) is -3.63. The Morgan fingerprint density at radius 1 is 1.24 bits per heavy atom. The van der Waals surface area contributed by atoms with E-state index in [0.717, 1.165) is 14.1 Å². The molecular weight excluding hydrogens is 457 g/mol. The van der Waals surface area contributed by atoms with Crippen LogP contribution >= 0.6 is 22.6 Å². The fraction of sp³-hybridized carbons (Fsp3) is 0.125. The zero-order chi connectivity index (χ0) is 18.4. The molecule has 2 N–H and O–H groups in total. The molecule has 0 bridgehead atoms.